The Hall–Kier alpha value is -7.32. The summed E-state index contributed by atoms with van der Waals surface area (Å²) in [7, 11) is -7.44. The molecule has 4 aromatic heterocycles. The van der Waals surface area contributed by atoms with E-state index in [1.165, 1.54) is 85.1 Å². The van der Waals surface area contributed by atoms with Crippen molar-refractivity contribution in [3.8, 4) is 22.9 Å². The van der Waals surface area contributed by atoms with Crippen molar-refractivity contribution in [3.63, 3.8) is 0 Å². The number of benzene rings is 4. The zero-order valence-electron chi connectivity index (χ0n) is 47.5. The lowest BCUT2D eigenvalue weighted by Gasteiger charge is -2.24. The first-order valence-electron chi connectivity index (χ1n) is 26.6. The molecule has 0 fully saturated rings. The van der Waals surface area contributed by atoms with Gasteiger partial charge in [0, 0.05) is 55.1 Å². The smallest absolute Gasteiger partial charge is 0.488 e. The summed E-state index contributed by atoms with van der Waals surface area (Å²) in [6, 6.07) is 31.6. The third-order valence-corrected chi connectivity index (χ3v) is 17.6. The van der Waals surface area contributed by atoms with Crippen LogP contribution in [0.25, 0.3) is 11.1 Å². The highest BCUT2D eigenvalue weighted by Crippen LogP contribution is 2.32. The highest BCUT2D eigenvalue weighted by Gasteiger charge is 2.34. The molecule has 2 atom stereocenters. The Bertz CT molecular complexity index is 3880. The minimum absolute atomic E-state index is 0.0844. The molecule has 4 N–H and O–H groups in total. The minimum Gasteiger partial charge on any atom is -0.492 e. The summed E-state index contributed by atoms with van der Waals surface area (Å²) >= 11 is 3.27. The number of pyridine rings is 2. The van der Waals surface area contributed by atoms with Crippen LogP contribution in [0.15, 0.2) is 167 Å². The summed E-state index contributed by atoms with van der Waals surface area (Å²) in [6.45, 7) is 11.4. The van der Waals surface area contributed by atoms with Crippen molar-refractivity contribution in [1.82, 2.24) is 29.1 Å². The predicted molar refractivity (Wildman–Crippen MR) is 318 cm³/mol. The van der Waals surface area contributed by atoms with Gasteiger partial charge in [-0.2, -0.15) is 18.7 Å². The summed E-state index contributed by atoms with van der Waals surface area (Å²) in [5.41, 5.74) is 1.58. The fourth-order valence-electron chi connectivity index (χ4n) is 9.00. The standard InChI is InChI=1S/C30H32FN3O5S.C24H27BrN2O5S.C6H7BFNO2/c1-19(2)10-15-26-33-29(35)27(30(36)34(26)25(18-39-4)22-8-6-5-7-9-22)40(37,38)23-13-11-21(12-14-23)24-16-17-32-28(31)20(24)3;1-16(2)9-14-21-26-23(28)22(33(30,31)19-12-10-18(25)11-13-19)24(29)27(21)20(15-32-3)17-7-5-4-6-8-17;1-4-5(7(10)11)2-3-9-6(4)8/h5-9,11-14,16-17,19,25,35H,10,15,18H2,1-4H3;4-8,10-13,16,20,28H,9,14-15H2,1-3H3;2-3,10-11H,1H3/t25-;20-;/m00./s1. The second-order valence-corrected chi connectivity index (χ2v) is 25.0. The lowest BCUT2D eigenvalue weighted by atomic mass is 9.78. The second-order valence-electron chi connectivity index (χ2n) is 20.3. The van der Waals surface area contributed by atoms with Crippen LogP contribution in [-0.4, -0.2) is 101 Å². The van der Waals surface area contributed by atoms with E-state index >= 15 is 0 Å². The summed E-state index contributed by atoms with van der Waals surface area (Å²) in [4.78, 5) is 41.3. The molecule has 0 aliphatic carbocycles. The average Bonchev–Trinajstić information content (AvgIpc) is 1.23. The van der Waals surface area contributed by atoms with Gasteiger partial charge in [0.25, 0.3) is 11.1 Å². The molecule has 18 nitrogen and oxygen atoms in total. The zero-order chi connectivity index (χ0) is 61.6. The third kappa shape index (κ3) is 15.7. The van der Waals surface area contributed by atoms with Gasteiger partial charge in [0.05, 0.1) is 35.1 Å². The van der Waals surface area contributed by atoms with E-state index in [2.05, 4.69) is 35.9 Å². The number of aryl methyl sites for hydroxylation is 2. The van der Waals surface area contributed by atoms with Crippen LogP contribution < -0.4 is 16.6 Å². The Kier molecular flexibility index (Phi) is 23.1. The second kappa shape index (κ2) is 29.5. The first-order valence-corrected chi connectivity index (χ1v) is 30.3. The van der Waals surface area contributed by atoms with Gasteiger partial charge < -0.3 is 29.7 Å². The maximum Gasteiger partial charge on any atom is 0.488 e. The van der Waals surface area contributed by atoms with Crippen LogP contribution in [-0.2, 0) is 42.0 Å². The van der Waals surface area contributed by atoms with Crippen molar-refractivity contribution in [1.29, 1.82) is 0 Å². The van der Waals surface area contributed by atoms with E-state index in [0.717, 1.165) is 11.1 Å². The van der Waals surface area contributed by atoms with E-state index < -0.39 is 83.4 Å². The molecule has 0 saturated heterocycles. The monoisotopic (exact) mass is 1250 g/mol. The molecule has 84 heavy (non-hydrogen) atoms. The van der Waals surface area contributed by atoms with E-state index in [-0.39, 0.29) is 45.8 Å². The number of methoxy groups -OCH3 is 2. The Morgan fingerprint density at radius 3 is 1.36 bits per heavy atom. The van der Waals surface area contributed by atoms with E-state index in [0.29, 0.717) is 58.6 Å². The van der Waals surface area contributed by atoms with Gasteiger partial charge >= 0.3 is 7.12 Å². The van der Waals surface area contributed by atoms with Crippen LogP contribution in [0.3, 0.4) is 0 Å². The molecule has 0 saturated carbocycles. The number of ether oxygens (including phenoxy) is 2. The molecule has 4 heterocycles. The molecule has 0 aliphatic heterocycles. The molecule has 444 valence electrons. The first-order chi connectivity index (χ1) is 39.8. The van der Waals surface area contributed by atoms with Crippen molar-refractivity contribution in [2.24, 2.45) is 11.8 Å². The van der Waals surface area contributed by atoms with Gasteiger partial charge in [-0.1, -0.05) is 116 Å². The topological polar surface area (TPSA) is 263 Å². The average molecular weight is 1260 g/mol. The van der Waals surface area contributed by atoms with Crippen LogP contribution in [0.2, 0.25) is 0 Å². The van der Waals surface area contributed by atoms with Crippen LogP contribution in [0.4, 0.5) is 8.78 Å². The molecule has 0 bridgehead atoms. The minimum atomic E-state index is -4.49. The molecule has 4 aromatic carbocycles. The van der Waals surface area contributed by atoms with Gasteiger partial charge in [-0.15, -0.1) is 0 Å². The van der Waals surface area contributed by atoms with Gasteiger partial charge in [-0.3, -0.25) is 18.7 Å². The molecule has 8 rings (SSSR count). The van der Waals surface area contributed by atoms with Crippen molar-refractivity contribution < 1.29 is 55.4 Å². The lowest BCUT2D eigenvalue weighted by molar-refractivity contribution is 0.165. The molecule has 0 unspecified atom stereocenters. The van der Waals surface area contributed by atoms with Gasteiger partial charge in [-0.25, -0.2) is 26.8 Å². The van der Waals surface area contributed by atoms with Gasteiger partial charge in [-0.05, 0) is 115 Å². The highest BCUT2D eigenvalue weighted by molar-refractivity contribution is 9.10. The molecule has 24 heteroatoms. The summed E-state index contributed by atoms with van der Waals surface area (Å²) in [5, 5.41) is 38.9. The molecule has 0 aliphatic rings. The molecule has 0 spiro atoms. The highest BCUT2D eigenvalue weighted by atomic mass is 79.9. The fourth-order valence-corrected chi connectivity index (χ4v) is 11.9. The predicted octanol–water partition coefficient (Wildman–Crippen LogP) is 8.69. The fraction of sp³-hybridized carbons (Fsp3) is 0.300. The number of rotatable bonds is 20. The maximum atomic E-state index is 14.0. The lowest BCUT2D eigenvalue weighted by Crippen LogP contribution is -2.35. The normalized spacial score (nSPS) is 12.3. The Labute approximate surface area is 495 Å². The number of hydrogen-bond donors (Lipinski definition) is 4. The first kappa shape index (κ1) is 65.8. The molecule has 8 aromatic rings. The number of sulfone groups is 2. The molecule has 0 radical (unpaired) electrons. The Morgan fingerprint density at radius 2 is 0.976 bits per heavy atom. The summed E-state index contributed by atoms with van der Waals surface area (Å²) in [5.74, 6) is -1.74. The number of aromatic hydroxyl groups is 2. The van der Waals surface area contributed by atoms with Crippen LogP contribution in [0, 0.1) is 37.6 Å². The maximum absolute atomic E-state index is 14.0. The Balaban J connectivity index is 0.000000231. The van der Waals surface area contributed by atoms with E-state index in [1.54, 1.807) is 25.1 Å². The van der Waals surface area contributed by atoms with Crippen molar-refractivity contribution in [2.45, 2.75) is 98.9 Å². The third-order valence-electron chi connectivity index (χ3n) is 13.5. The largest absolute Gasteiger partial charge is 0.492 e. The van der Waals surface area contributed by atoms with Gasteiger partial charge in [0.2, 0.25) is 43.3 Å². The van der Waals surface area contributed by atoms with E-state index in [4.69, 9.17) is 19.5 Å². The van der Waals surface area contributed by atoms with E-state index in [1.807, 2.05) is 88.4 Å². The number of halogens is 3. The van der Waals surface area contributed by atoms with Crippen LogP contribution in [0.5, 0.6) is 11.8 Å². The molecular formula is C60H66BBrF2N6O12S2. The van der Waals surface area contributed by atoms with Crippen molar-refractivity contribution >= 4 is 48.2 Å². The van der Waals surface area contributed by atoms with Gasteiger partial charge in [0.15, 0.2) is 9.79 Å². The van der Waals surface area contributed by atoms with Crippen LogP contribution >= 0.6 is 15.9 Å². The zero-order valence-corrected chi connectivity index (χ0v) is 50.7. The molecule has 0 amide bonds. The van der Waals surface area contributed by atoms with E-state index in [9.17, 15) is 45.4 Å². The number of hydrogen-bond acceptors (Lipinski definition) is 16. The van der Waals surface area contributed by atoms with Crippen molar-refractivity contribution in [2.75, 3.05) is 27.4 Å². The Morgan fingerprint density at radius 1 is 0.583 bits per heavy atom. The van der Waals surface area contributed by atoms with Crippen molar-refractivity contribution in [3.05, 3.63) is 205 Å². The SMILES string of the molecule is COC[C@@H](c1ccccc1)n1c(CCC(C)C)nc(O)c(S(=O)(=O)c2ccc(-c3ccnc(F)c3C)cc2)c1=O.COC[C@@H](c1ccccc1)n1c(CCC(C)C)nc(O)c(S(=O)(=O)c2ccc(Br)cc2)c1=O.Cc1c(B(O)O)ccnc1F. The summed E-state index contributed by atoms with van der Waals surface area (Å²) < 4.78 is 95.1. The van der Waals surface area contributed by atoms with Crippen LogP contribution in [0.1, 0.15) is 86.5 Å². The quantitative estimate of drug-likeness (QED) is 0.0411. The molecular weight excluding hydrogens is 1190 g/mol. The van der Waals surface area contributed by atoms with Gasteiger partial charge in [0.1, 0.15) is 11.6 Å². The number of aromatic nitrogens is 6. The number of nitrogens with zero attached hydrogens (tertiary/aromatic N) is 6. The summed E-state index contributed by atoms with van der Waals surface area (Å²) in [6.07, 6.45) is 4.65.